The lowest BCUT2D eigenvalue weighted by Gasteiger charge is -2.19. The van der Waals surface area contributed by atoms with E-state index >= 15 is 0 Å². The Kier molecular flexibility index (Phi) is 5.99. The second-order valence-corrected chi connectivity index (χ2v) is 6.22. The molecule has 0 aliphatic heterocycles. The van der Waals surface area contributed by atoms with Gasteiger partial charge in [0.25, 0.3) is 0 Å². The minimum Gasteiger partial charge on any atom is -0.481 e. The second kappa shape index (κ2) is 6.54. The first-order chi connectivity index (χ1) is 8.47. The van der Waals surface area contributed by atoms with Crippen molar-refractivity contribution in [2.24, 2.45) is 10.8 Å². The summed E-state index contributed by atoms with van der Waals surface area (Å²) in [5.74, 6) is -1.42. The zero-order valence-corrected chi connectivity index (χ0v) is 12.3. The van der Waals surface area contributed by atoms with Gasteiger partial charge in [-0.3, -0.25) is 14.4 Å². The van der Waals surface area contributed by atoms with Crippen LogP contribution in [0.1, 0.15) is 41.0 Å². The van der Waals surface area contributed by atoms with Crippen LogP contribution in [0.5, 0.6) is 0 Å². The molecule has 0 unspecified atom stereocenters. The number of carboxylic acid groups (broad SMARTS) is 1. The zero-order chi connectivity index (χ0) is 15.3. The van der Waals surface area contributed by atoms with E-state index in [0.717, 1.165) is 0 Å². The van der Waals surface area contributed by atoms with Crippen molar-refractivity contribution < 1.29 is 19.5 Å². The van der Waals surface area contributed by atoms with Crippen LogP contribution in [0.4, 0.5) is 0 Å². The van der Waals surface area contributed by atoms with Gasteiger partial charge in [0, 0.05) is 12.0 Å². The molecule has 0 radical (unpaired) electrons. The standard InChI is InChI=1S/C13H24N2O4/c1-12(2,3)10(17)15-8-9(16)14-7-6-13(4,5)11(18)19/h6-8H2,1-5H3,(H,14,16)(H,15,17)(H,18,19). The largest absolute Gasteiger partial charge is 0.481 e. The SMILES string of the molecule is CC(C)(C)C(=O)NCC(=O)NCCC(C)(C)C(=O)O. The van der Waals surface area contributed by atoms with Gasteiger partial charge in [0.05, 0.1) is 12.0 Å². The lowest BCUT2D eigenvalue weighted by Crippen LogP contribution is -2.42. The van der Waals surface area contributed by atoms with Crippen LogP contribution < -0.4 is 10.6 Å². The molecule has 19 heavy (non-hydrogen) atoms. The molecular formula is C13H24N2O4. The van der Waals surface area contributed by atoms with Crippen molar-refractivity contribution in [3.63, 3.8) is 0 Å². The van der Waals surface area contributed by atoms with E-state index in [9.17, 15) is 14.4 Å². The van der Waals surface area contributed by atoms with Gasteiger partial charge in [0.1, 0.15) is 0 Å². The number of hydrogen-bond donors (Lipinski definition) is 3. The van der Waals surface area contributed by atoms with Crippen molar-refractivity contribution >= 4 is 17.8 Å². The Hall–Kier alpha value is -1.59. The third-order valence-electron chi connectivity index (χ3n) is 2.74. The number of aliphatic carboxylic acids is 1. The van der Waals surface area contributed by atoms with Crippen molar-refractivity contribution in [2.45, 2.75) is 41.0 Å². The van der Waals surface area contributed by atoms with E-state index < -0.39 is 16.8 Å². The molecule has 0 atom stereocenters. The summed E-state index contributed by atoms with van der Waals surface area (Å²) >= 11 is 0. The third-order valence-corrected chi connectivity index (χ3v) is 2.74. The van der Waals surface area contributed by atoms with E-state index in [4.69, 9.17) is 5.11 Å². The minimum absolute atomic E-state index is 0.0936. The van der Waals surface area contributed by atoms with Crippen molar-refractivity contribution in [3.05, 3.63) is 0 Å². The molecule has 0 saturated heterocycles. The smallest absolute Gasteiger partial charge is 0.309 e. The average Bonchev–Trinajstić information content (AvgIpc) is 2.23. The molecule has 0 aromatic heterocycles. The summed E-state index contributed by atoms with van der Waals surface area (Å²) in [6.07, 6.45) is 0.335. The number of nitrogens with one attached hydrogen (secondary N) is 2. The van der Waals surface area contributed by atoms with Crippen LogP contribution in [0.25, 0.3) is 0 Å². The van der Waals surface area contributed by atoms with Crippen LogP contribution in [0.15, 0.2) is 0 Å². The molecule has 6 heteroatoms. The van der Waals surface area contributed by atoms with Crippen molar-refractivity contribution in [1.82, 2.24) is 10.6 Å². The molecule has 0 aromatic carbocycles. The summed E-state index contributed by atoms with van der Waals surface area (Å²) < 4.78 is 0. The average molecular weight is 272 g/mol. The van der Waals surface area contributed by atoms with Crippen LogP contribution in [0.3, 0.4) is 0 Å². The number of hydrogen-bond acceptors (Lipinski definition) is 3. The van der Waals surface area contributed by atoms with Gasteiger partial charge in [-0.2, -0.15) is 0 Å². The van der Waals surface area contributed by atoms with E-state index in [1.165, 1.54) is 0 Å². The van der Waals surface area contributed by atoms with Crippen LogP contribution in [0, 0.1) is 10.8 Å². The maximum atomic E-state index is 11.5. The first kappa shape index (κ1) is 17.4. The Morgan fingerprint density at radius 2 is 1.53 bits per heavy atom. The molecule has 2 amide bonds. The maximum Gasteiger partial charge on any atom is 0.309 e. The van der Waals surface area contributed by atoms with Crippen molar-refractivity contribution in [3.8, 4) is 0 Å². The molecule has 0 rings (SSSR count). The van der Waals surface area contributed by atoms with Crippen LogP contribution in [0.2, 0.25) is 0 Å². The monoisotopic (exact) mass is 272 g/mol. The van der Waals surface area contributed by atoms with E-state index in [1.807, 2.05) is 0 Å². The Bertz CT molecular complexity index is 356. The minimum atomic E-state index is -0.900. The van der Waals surface area contributed by atoms with Crippen molar-refractivity contribution in [1.29, 1.82) is 0 Å². The van der Waals surface area contributed by atoms with Crippen LogP contribution >= 0.6 is 0 Å². The highest BCUT2D eigenvalue weighted by Gasteiger charge is 2.26. The van der Waals surface area contributed by atoms with E-state index in [-0.39, 0.29) is 24.9 Å². The third kappa shape index (κ3) is 6.79. The van der Waals surface area contributed by atoms with Gasteiger partial charge in [-0.05, 0) is 20.3 Å². The Balaban J connectivity index is 3.96. The lowest BCUT2D eigenvalue weighted by molar-refractivity contribution is -0.147. The topological polar surface area (TPSA) is 95.5 Å². The van der Waals surface area contributed by atoms with Gasteiger partial charge in [0.15, 0.2) is 0 Å². The molecule has 3 N–H and O–H groups in total. The molecule has 0 spiro atoms. The maximum absolute atomic E-state index is 11.5. The van der Waals surface area contributed by atoms with E-state index in [1.54, 1.807) is 34.6 Å². The van der Waals surface area contributed by atoms with Gasteiger partial charge in [0.2, 0.25) is 11.8 Å². The summed E-state index contributed by atoms with van der Waals surface area (Å²) in [6.45, 7) is 8.65. The second-order valence-electron chi connectivity index (χ2n) is 6.22. The highest BCUT2D eigenvalue weighted by atomic mass is 16.4. The Labute approximate surface area is 113 Å². The summed E-state index contributed by atoms with van der Waals surface area (Å²) in [7, 11) is 0. The molecule has 0 aliphatic carbocycles. The summed E-state index contributed by atoms with van der Waals surface area (Å²) in [5.41, 5.74) is -1.41. The highest BCUT2D eigenvalue weighted by molar-refractivity contribution is 5.87. The molecular weight excluding hydrogens is 248 g/mol. The van der Waals surface area contributed by atoms with E-state index in [2.05, 4.69) is 10.6 Å². The number of carbonyl (C=O) groups is 3. The van der Waals surface area contributed by atoms with Gasteiger partial charge < -0.3 is 15.7 Å². The normalized spacial score (nSPS) is 11.8. The molecule has 6 nitrogen and oxygen atoms in total. The summed E-state index contributed by atoms with van der Waals surface area (Å²) in [5, 5.41) is 14.0. The summed E-state index contributed by atoms with van der Waals surface area (Å²) in [4.78, 5) is 33.8. The zero-order valence-electron chi connectivity index (χ0n) is 12.3. The van der Waals surface area contributed by atoms with Crippen molar-refractivity contribution in [2.75, 3.05) is 13.1 Å². The number of carboxylic acids is 1. The molecule has 0 heterocycles. The number of rotatable bonds is 6. The summed E-state index contributed by atoms with van der Waals surface area (Å²) in [6, 6.07) is 0. The predicted molar refractivity (Wildman–Crippen MR) is 71.5 cm³/mol. The van der Waals surface area contributed by atoms with Crippen LogP contribution in [-0.4, -0.2) is 36.0 Å². The Morgan fingerprint density at radius 3 is 1.95 bits per heavy atom. The molecule has 110 valence electrons. The van der Waals surface area contributed by atoms with Crippen LogP contribution in [-0.2, 0) is 14.4 Å². The molecule has 0 bridgehead atoms. The van der Waals surface area contributed by atoms with Gasteiger partial charge >= 0.3 is 5.97 Å². The predicted octanol–water partition coefficient (Wildman–Crippen LogP) is 0.766. The molecule has 0 saturated carbocycles. The van der Waals surface area contributed by atoms with Gasteiger partial charge in [-0.15, -0.1) is 0 Å². The van der Waals surface area contributed by atoms with Gasteiger partial charge in [-0.1, -0.05) is 20.8 Å². The molecule has 0 aliphatic rings. The molecule has 0 fully saturated rings. The van der Waals surface area contributed by atoms with E-state index in [0.29, 0.717) is 6.42 Å². The first-order valence-corrected chi connectivity index (χ1v) is 6.25. The fraction of sp³-hybridized carbons (Fsp3) is 0.769. The lowest BCUT2D eigenvalue weighted by atomic mass is 9.90. The fourth-order valence-electron chi connectivity index (χ4n) is 1.11. The highest BCUT2D eigenvalue weighted by Crippen LogP contribution is 2.19. The number of carbonyl (C=O) groups excluding carboxylic acids is 2. The Morgan fingerprint density at radius 1 is 1.00 bits per heavy atom. The number of amides is 2. The fourth-order valence-corrected chi connectivity index (χ4v) is 1.11. The molecule has 0 aromatic rings. The van der Waals surface area contributed by atoms with Gasteiger partial charge in [-0.25, -0.2) is 0 Å². The first-order valence-electron chi connectivity index (χ1n) is 6.25. The quantitative estimate of drug-likeness (QED) is 0.665.